The van der Waals surface area contributed by atoms with Crippen molar-refractivity contribution in [3.8, 4) is 22.7 Å². The Morgan fingerprint density at radius 1 is 1.35 bits per heavy atom. The van der Waals surface area contributed by atoms with Gasteiger partial charge < -0.3 is 4.90 Å². The van der Waals surface area contributed by atoms with Crippen molar-refractivity contribution in [2.24, 2.45) is 0 Å². The molecule has 0 fully saturated rings. The Hall–Kier alpha value is -3.23. The van der Waals surface area contributed by atoms with E-state index in [1.165, 1.54) is 16.2 Å². The zero-order valence-corrected chi connectivity index (χ0v) is 15.2. The molecule has 3 aromatic rings. The third-order valence-electron chi connectivity index (χ3n) is 3.87. The highest BCUT2D eigenvalue weighted by atomic mass is 32.1. The van der Waals surface area contributed by atoms with Gasteiger partial charge in [0, 0.05) is 6.04 Å². The summed E-state index contributed by atoms with van der Waals surface area (Å²) in [6, 6.07) is 9.52. The van der Waals surface area contributed by atoms with E-state index < -0.39 is 0 Å². The van der Waals surface area contributed by atoms with E-state index in [9.17, 15) is 4.79 Å². The zero-order chi connectivity index (χ0) is 18.7. The van der Waals surface area contributed by atoms with Gasteiger partial charge in [-0.3, -0.25) is 4.79 Å². The molecule has 0 aliphatic carbocycles. The van der Waals surface area contributed by atoms with E-state index in [1.807, 2.05) is 43.5 Å². The van der Waals surface area contributed by atoms with Gasteiger partial charge in [-0.15, -0.1) is 11.3 Å². The fourth-order valence-electron chi connectivity index (χ4n) is 2.66. The summed E-state index contributed by atoms with van der Waals surface area (Å²) in [5.74, 6) is -0.374. The summed E-state index contributed by atoms with van der Waals surface area (Å²) in [5.41, 5.74) is 1.69. The molecule has 3 heterocycles. The van der Waals surface area contributed by atoms with Gasteiger partial charge in [-0.05, 0) is 31.4 Å². The van der Waals surface area contributed by atoms with E-state index in [1.54, 1.807) is 16.9 Å². The van der Waals surface area contributed by atoms with Crippen LogP contribution >= 0.6 is 11.3 Å². The van der Waals surface area contributed by atoms with Crippen LogP contribution in [0.25, 0.3) is 21.6 Å². The summed E-state index contributed by atoms with van der Waals surface area (Å²) in [6.07, 6.45) is 1.62. The number of aromatic nitrogens is 3. The summed E-state index contributed by atoms with van der Waals surface area (Å²) in [7, 11) is 0. The molecule has 0 saturated heterocycles. The summed E-state index contributed by atoms with van der Waals surface area (Å²) in [6.45, 7) is 3.68. The normalized spacial score (nSPS) is 10.7. The van der Waals surface area contributed by atoms with Crippen molar-refractivity contribution in [3.63, 3.8) is 0 Å². The van der Waals surface area contributed by atoms with E-state index in [-0.39, 0.29) is 25.0 Å². The van der Waals surface area contributed by atoms with Crippen LogP contribution in [0.5, 0.6) is 0 Å². The molecule has 0 atom stereocenters. The highest BCUT2D eigenvalue weighted by Gasteiger charge is 2.22. The van der Waals surface area contributed by atoms with E-state index in [0.717, 1.165) is 4.88 Å². The first-order chi connectivity index (χ1) is 12.6. The zero-order valence-electron chi connectivity index (χ0n) is 14.4. The average Bonchev–Trinajstić information content (AvgIpc) is 3.29. The number of carbonyl (C=O) groups excluding carboxylic acids is 1. The highest BCUT2D eigenvalue weighted by Crippen LogP contribution is 2.29. The van der Waals surface area contributed by atoms with Crippen LogP contribution in [-0.2, 0) is 0 Å². The molecular weight excluding hydrogens is 348 g/mol. The van der Waals surface area contributed by atoms with Crippen LogP contribution in [-0.4, -0.2) is 38.7 Å². The van der Waals surface area contributed by atoms with Crippen molar-refractivity contribution in [2.75, 3.05) is 13.1 Å². The third kappa shape index (κ3) is 3.15. The van der Waals surface area contributed by atoms with Crippen molar-refractivity contribution in [2.45, 2.75) is 19.9 Å². The molecule has 3 aromatic heterocycles. The van der Waals surface area contributed by atoms with Gasteiger partial charge in [0.25, 0.3) is 5.91 Å². The Kier molecular flexibility index (Phi) is 4.97. The molecule has 1 amide bonds. The Bertz CT molecular complexity index is 1010. The largest absolute Gasteiger partial charge is 0.312 e. The van der Waals surface area contributed by atoms with Crippen LogP contribution in [0, 0.1) is 22.7 Å². The molecule has 0 bridgehead atoms. The SMILES string of the molecule is CC(C)n1ncc2c(C(=O)N(CC#N)CC#N)cc(-c3cccs3)nc21. The van der Waals surface area contributed by atoms with Crippen molar-refractivity contribution in [3.05, 3.63) is 35.3 Å². The topological polar surface area (TPSA) is 98.6 Å². The fraction of sp³-hybridized carbons (Fsp3) is 0.278. The standard InChI is InChI=1S/C18H16N6OS/c1-12(2)24-17-14(11-21-24)13(18(25)23(7-5-19)8-6-20)10-15(22-17)16-4-3-9-26-16/h3-4,9-12H,7-8H2,1-2H3. The molecule has 7 nitrogen and oxygen atoms in total. The van der Waals surface area contributed by atoms with E-state index in [2.05, 4.69) is 5.10 Å². The minimum atomic E-state index is -0.374. The van der Waals surface area contributed by atoms with Crippen LogP contribution in [0.2, 0.25) is 0 Å². The van der Waals surface area contributed by atoms with Crippen molar-refractivity contribution >= 4 is 28.3 Å². The molecular formula is C18H16N6OS. The number of carbonyl (C=O) groups is 1. The van der Waals surface area contributed by atoms with E-state index in [4.69, 9.17) is 15.5 Å². The number of thiophene rings is 1. The summed E-state index contributed by atoms with van der Waals surface area (Å²) in [4.78, 5) is 19.9. The molecule has 0 radical (unpaired) electrons. The molecule has 0 unspecified atom stereocenters. The number of hydrogen-bond donors (Lipinski definition) is 0. The van der Waals surface area contributed by atoms with Crippen LogP contribution in [0.1, 0.15) is 30.2 Å². The highest BCUT2D eigenvalue weighted by molar-refractivity contribution is 7.13. The lowest BCUT2D eigenvalue weighted by Crippen LogP contribution is -2.32. The summed E-state index contributed by atoms with van der Waals surface area (Å²) < 4.78 is 1.77. The van der Waals surface area contributed by atoms with Gasteiger partial charge in [0.15, 0.2) is 5.65 Å². The van der Waals surface area contributed by atoms with Crippen molar-refractivity contribution < 1.29 is 4.79 Å². The minimum Gasteiger partial charge on any atom is -0.312 e. The van der Waals surface area contributed by atoms with Gasteiger partial charge in [0.05, 0.1) is 39.9 Å². The Morgan fingerprint density at radius 3 is 2.65 bits per heavy atom. The van der Waals surface area contributed by atoms with Gasteiger partial charge in [0.2, 0.25) is 0 Å². The molecule has 130 valence electrons. The number of hydrogen-bond acceptors (Lipinski definition) is 6. The molecule has 0 aliphatic heterocycles. The lowest BCUT2D eigenvalue weighted by molar-refractivity contribution is 0.0796. The van der Waals surface area contributed by atoms with E-state index in [0.29, 0.717) is 22.3 Å². The fourth-order valence-corrected chi connectivity index (χ4v) is 3.35. The van der Waals surface area contributed by atoms with Gasteiger partial charge >= 0.3 is 0 Å². The Balaban J connectivity index is 2.22. The van der Waals surface area contributed by atoms with Gasteiger partial charge in [-0.1, -0.05) is 6.07 Å². The Labute approximate surface area is 154 Å². The molecule has 0 aromatic carbocycles. The van der Waals surface area contributed by atoms with Crippen LogP contribution in [0.4, 0.5) is 0 Å². The molecule has 3 rings (SSSR count). The van der Waals surface area contributed by atoms with Crippen LogP contribution in [0.3, 0.4) is 0 Å². The van der Waals surface area contributed by atoms with Crippen molar-refractivity contribution in [1.82, 2.24) is 19.7 Å². The third-order valence-corrected chi connectivity index (χ3v) is 4.76. The van der Waals surface area contributed by atoms with Crippen LogP contribution < -0.4 is 0 Å². The lowest BCUT2D eigenvalue weighted by Gasteiger charge is -2.17. The first-order valence-electron chi connectivity index (χ1n) is 8.02. The van der Waals surface area contributed by atoms with Gasteiger partial charge in [0.1, 0.15) is 13.1 Å². The maximum atomic E-state index is 13.0. The van der Waals surface area contributed by atoms with Crippen molar-refractivity contribution in [1.29, 1.82) is 10.5 Å². The molecule has 0 spiro atoms. The molecule has 0 saturated carbocycles. The predicted octanol–water partition coefficient (Wildman–Crippen LogP) is 3.23. The Morgan fingerprint density at radius 2 is 2.08 bits per heavy atom. The minimum absolute atomic E-state index is 0.0795. The number of pyridine rings is 1. The first kappa shape index (κ1) is 17.6. The number of nitrogens with zero attached hydrogens (tertiary/aromatic N) is 6. The maximum Gasteiger partial charge on any atom is 0.256 e. The predicted molar refractivity (Wildman–Crippen MR) is 98.4 cm³/mol. The first-order valence-corrected chi connectivity index (χ1v) is 8.90. The smallest absolute Gasteiger partial charge is 0.256 e. The second-order valence-corrected chi connectivity index (χ2v) is 6.88. The summed E-state index contributed by atoms with van der Waals surface area (Å²) in [5, 5.41) is 24.9. The van der Waals surface area contributed by atoms with Gasteiger partial charge in [-0.25, -0.2) is 9.67 Å². The van der Waals surface area contributed by atoms with Crippen LogP contribution in [0.15, 0.2) is 29.8 Å². The summed E-state index contributed by atoms with van der Waals surface area (Å²) >= 11 is 1.53. The lowest BCUT2D eigenvalue weighted by atomic mass is 10.1. The quantitative estimate of drug-likeness (QED) is 0.647. The molecule has 8 heteroatoms. The maximum absolute atomic E-state index is 13.0. The molecule has 0 aliphatic rings. The second kappa shape index (κ2) is 7.34. The average molecular weight is 364 g/mol. The molecule has 26 heavy (non-hydrogen) atoms. The van der Waals surface area contributed by atoms with E-state index >= 15 is 0 Å². The molecule has 0 N–H and O–H groups in total. The van der Waals surface area contributed by atoms with Gasteiger partial charge in [-0.2, -0.15) is 15.6 Å². The second-order valence-electron chi connectivity index (χ2n) is 5.93. The number of nitriles is 2. The number of rotatable bonds is 5. The monoisotopic (exact) mass is 364 g/mol. The number of amides is 1. The number of fused-ring (bicyclic) bond motifs is 1.